The van der Waals surface area contributed by atoms with Gasteiger partial charge in [0.2, 0.25) is 0 Å². The highest BCUT2D eigenvalue weighted by Crippen LogP contribution is 2.20. The number of benzene rings is 1. The summed E-state index contributed by atoms with van der Waals surface area (Å²) in [7, 11) is 0. The Morgan fingerprint density at radius 3 is 3.06 bits per heavy atom. The Hall–Kier alpha value is -1.39. The van der Waals surface area contributed by atoms with E-state index in [-0.39, 0.29) is 18.6 Å². The van der Waals surface area contributed by atoms with Gasteiger partial charge in [-0.2, -0.15) is 0 Å². The molecular weight excluding hydrogens is 216 g/mol. The molecule has 4 nitrogen and oxygen atoms in total. The summed E-state index contributed by atoms with van der Waals surface area (Å²) in [5.74, 6) is -0.00292. The van der Waals surface area contributed by atoms with Crippen LogP contribution in [0.5, 0.6) is 0 Å². The predicted molar refractivity (Wildman–Crippen MR) is 65.5 cm³/mol. The van der Waals surface area contributed by atoms with E-state index < -0.39 is 0 Å². The van der Waals surface area contributed by atoms with Gasteiger partial charge < -0.3 is 15.7 Å². The van der Waals surface area contributed by atoms with Crippen molar-refractivity contribution in [3.8, 4) is 0 Å². The minimum atomic E-state index is -0.0240. The number of nitrogens with zero attached hydrogens (tertiary/aromatic N) is 1. The number of hydrogen-bond donors (Lipinski definition) is 2. The number of likely N-dealkylation sites (tertiary alicyclic amines) is 1. The fourth-order valence-corrected chi connectivity index (χ4v) is 2.29. The average molecular weight is 234 g/mol. The molecule has 1 saturated heterocycles. The van der Waals surface area contributed by atoms with Gasteiger partial charge in [-0.1, -0.05) is 12.1 Å². The van der Waals surface area contributed by atoms with Gasteiger partial charge in [0, 0.05) is 18.7 Å². The van der Waals surface area contributed by atoms with Crippen molar-refractivity contribution in [2.24, 2.45) is 5.73 Å². The zero-order chi connectivity index (χ0) is 12.3. The van der Waals surface area contributed by atoms with Crippen molar-refractivity contribution in [1.29, 1.82) is 0 Å². The third-order valence-corrected chi connectivity index (χ3v) is 3.26. The van der Waals surface area contributed by atoms with Gasteiger partial charge in [0.25, 0.3) is 5.91 Å². The number of carbonyl (C=O) groups is 1. The van der Waals surface area contributed by atoms with Crippen molar-refractivity contribution in [1.82, 2.24) is 4.90 Å². The normalized spacial score (nSPS) is 19.6. The molecule has 0 saturated carbocycles. The monoisotopic (exact) mass is 234 g/mol. The molecule has 1 aliphatic rings. The lowest BCUT2D eigenvalue weighted by atomic mass is 10.1. The maximum Gasteiger partial charge on any atom is 0.254 e. The summed E-state index contributed by atoms with van der Waals surface area (Å²) >= 11 is 0. The number of amides is 1. The summed E-state index contributed by atoms with van der Waals surface area (Å²) in [6, 6.07) is 7.36. The average Bonchev–Trinajstić information content (AvgIpc) is 2.86. The molecule has 0 aliphatic carbocycles. The van der Waals surface area contributed by atoms with Crippen molar-refractivity contribution in [3.05, 3.63) is 35.4 Å². The number of aliphatic hydroxyl groups excluding tert-OH is 1. The first kappa shape index (κ1) is 12.1. The largest absolute Gasteiger partial charge is 0.394 e. The van der Waals surface area contributed by atoms with Crippen LogP contribution in [0.1, 0.15) is 28.8 Å². The second kappa shape index (κ2) is 5.29. The Balaban J connectivity index is 2.18. The molecule has 1 fully saturated rings. The van der Waals surface area contributed by atoms with Gasteiger partial charge in [-0.15, -0.1) is 0 Å². The van der Waals surface area contributed by atoms with E-state index in [4.69, 9.17) is 5.73 Å². The smallest absolute Gasteiger partial charge is 0.254 e. The predicted octanol–water partition coefficient (Wildman–Crippen LogP) is 0.742. The second-order valence-electron chi connectivity index (χ2n) is 4.38. The van der Waals surface area contributed by atoms with E-state index >= 15 is 0 Å². The maximum absolute atomic E-state index is 12.3. The Morgan fingerprint density at radius 2 is 2.35 bits per heavy atom. The van der Waals surface area contributed by atoms with E-state index in [1.807, 2.05) is 18.2 Å². The molecule has 0 aromatic heterocycles. The Bertz CT molecular complexity index is 406. The summed E-state index contributed by atoms with van der Waals surface area (Å²) in [5, 5.41) is 9.22. The van der Waals surface area contributed by atoms with Gasteiger partial charge in [-0.3, -0.25) is 4.79 Å². The van der Waals surface area contributed by atoms with Crippen LogP contribution in [-0.2, 0) is 6.54 Å². The van der Waals surface area contributed by atoms with Gasteiger partial charge in [0.05, 0.1) is 12.6 Å². The standard InChI is InChI=1S/C13H18N2O2/c14-8-10-3-1-4-11(7-10)13(17)15-6-2-5-12(15)9-16/h1,3-4,7,12,16H,2,5-6,8-9,14H2/t12-/m1/s1. The third kappa shape index (κ3) is 2.48. The zero-order valence-corrected chi connectivity index (χ0v) is 9.80. The van der Waals surface area contributed by atoms with Crippen LogP contribution < -0.4 is 5.73 Å². The van der Waals surface area contributed by atoms with Crippen LogP contribution in [0.25, 0.3) is 0 Å². The van der Waals surface area contributed by atoms with Crippen LogP contribution >= 0.6 is 0 Å². The molecule has 17 heavy (non-hydrogen) atoms. The van der Waals surface area contributed by atoms with Crippen LogP contribution in [0.15, 0.2) is 24.3 Å². The summed E-state index contributed by atoms with van der Waals surface area (Å²) in [4.78, 5) is 14.0. The van der Waals surface area contributed by atoms with Gasteiger partial charge in [-0.05, 0) is 30.5 Å². The number of nitrogens with two attached hydrogens (primary N) is 1. The third-order valence-electron chi connectivity index (χ3n) is 3.26. The van der Waals surface area contributed by atoms with Crippen LogP contribution in [0, 0.1) is 0 Å². The minimum Gasteiger partial charge on any atom is -0.394 e. The first-order chi connectivity index (χ1) is 8.26. The Morgan fingerprint density at radius 1 is 1.53 bits per heavy atom. The molecule has 0 radical (unpaired) electrons. The lowest BCUT2D eigenvalue weighted by Gasteiger charge is -2.23. The van der Waals surface area contributed by atoms with Gasteiger partial charge >= 0.3 is 0 Å². The molecule has 1 aromatic rings. The number of rotatable bonds is 3. The van der Waals surface area contributed by atoms with E-state index in [9.17, 15) is 9.90 Å². The molecule has 0 spiro atoms. The van der Waals surface area contributed by atoms with E-state index in [0.717, 1.165) is 24.9 Å². The minimum absolute atomic E-state index is 0.00292. The van der Waals surface area contributed by atoms with Gasteiger partial charge in [0.1, 0.15) is 0 Å². The lowest BCUT2D eigenvalue weighted by molar-refractivity contribution is 0.0677. The fraction of sp³-hybridized carbons (Fsp3) is 0.462. The molecule has 0 unspecified atom stereocenters. The Labute approximate surface area is 101 Å². The van der Waals surface area contributed by atoms with Gasteiger partial charge in [-0.25, -0.2) is 0 Å². The van der Waals surface area contributed by atoms with Crippen LogP contribution in [0.2, 0.25) is 0 Å². The first-order valence-corrected chi connectivity index (χ1v) is 5.97. The second-order valence-corrected chi connectivity index (χ2v) is 4.38. The number of carbonyl (C=O) groups excluding carboxylic acids is 1. The number of aliphatic hydroxyl groups is 1. The fourth-order valence-electron chi connectivity index (χ4n) is 2.29. The van der Waals surface area contributed by atoms with Crippen LogP contribution in [-0.4, -0.2) is 35.1 Å². The SMILES string of the molecule is NCc1cccc(C(=O)N2CCC[C@@H]2CO)c1. The van der Waals surface area contributed by atoms with E-state index in [0.29, 0.717) is 12.1 Å². The van der Waals surface area contributed by atoms with Gasteiger partial charge in [0.15, 0.2) is 0 Å². The van der Waals surface area contributed by atoms with Crippen molar-refractivity contribution in [3.63, 3.8) is 0 Å². The quantitative estimate of drug-likeness (QED) is 0.810. The number of hydrogen-bond acceptors (Lipinski definition) is 3. The highest BCUT2D eigenvalue weighted by atomic mass is 16.3. The lowest BCUT2D eigenvalue weighted by Crippen LogP contribution is -2.37. The van der Waals surface area contributed by atoms with E-state index in [1.54, 1.807) is 11.0 Å². The molecule has 1 aliphatic heterocycles. The molecule has 3 N–H and O–H groups in total. The molecule has 1 heterocycles. The highest BCUT2D eigenvalue weighted by molar-refractivity contribution is 5.94. The summed E-state index contributed by atoms with van der Waals surface area (Å²) in [6.07, 6.45) is 1.85. The Kier molecular flexibility index (Phi) is 3.76. The van der Waals surface area contributed by atoms with Crippen molar-refractivity contribution < 1.29 is 9.90 Å². The molecule has 1 amide bonds. The van der Waals surface area contributed by atoms with Crippen molar-refractivity contribution >= 4 is 5.91 Å². The highest BCUT2D eigenvalue weighted by Gasteiger charge is 2.28. The van der Waals surface area contributed by atoms with E-state index in [1.165, 1.54) is 0 Å². The van der Waals surface area contributed by atoms with Crippen LogP contribution in [0.3, 0.4) is 0 Å². The van der Waals surface area contributed by atoms with Crippen molar-refractivity contribution in [2.45, 2.75) is 25.4 Å². The van der Waals surface area contributed by atoms with Crippen molar-refractivity contribution in [2.75, 3.05) is 13.2 Å². The maximum atomic E-state index is 12.3. The first-order valence-electron chi connectivity index (χ1n) is 5.97. The molecule has 1 aromatic carbocycles. The molecule has 4 heteroatoms. The zero-order valence-electron chi connectivity index (χ0n) is 9.80. The molecule has 92 valence electrons. The molecular formula is C13H18N2O2. The molecule has 1 atom stereocenters. The summed E-state index contributed by atoms with van der Waals surface area (Å²) in [5.41, 5.74) is 7.18. The molecule has 0 bridgehead atoms. The summed E-state index contributed by atoms with van der Waals surface area (Å²) < 4.78 is 0. The summed E-state index contributed by atoms with van der Waals surface area (Å²) in [6.45, 7) is 1.21. The topological polar surface area (TPSA) is 66.6 Å². The van der Waals surface area contributed by atoms with E-state index in [2.05, 4.69) is 0 Å². The van der Waals surface area contributed by atoms with Crippen LogP contribution in [0.4, 0.5) is 0 Å². The molecule has 2 rings (SSSR count).